The Morgan fingerprint density at radius 1 is 1.10 bits per heavy atom. The summed E-state index contributed by atoms with van der Waals surface area (Å²) in [7, 11) is 1.90. The number of hydrogen-bond acceptors (Lipinski definition) is 6. The van der Waals surface area contributed by atoms with Crippen molar-refractivity contribution in [1.29, 1.82) is 0 Å². The number of ether oxygens (including phenoxy) is 1. The van der Waals surface area contributed by atoms with Gasteiger partial charge >= 0.3 is 6.09 Å². The number of fused-ring (bicyclic) bond motifs is 2. The summed E-state index contributed by atoms with van der Waals surface area (Å²) in [4.78, 5) is 26.8. The Bertz CT molecular complexity index is 1620. The number of aromatic nitrogens is 4. The minimum atomic E-state index is -0.515. The third kappa shape index (κ3) is 5.38. The molecule has 41 heavy (non-hydrogen) atoms. The van der Waals surface area contributed by atoms with Crippen LogP contribution in [0, 0.1) is 0 Å². The van der Waals surface area contributed by atoms with E-state index in [1.165, 1.54) is 0 Å². The maximum atomic E-state index is 12.6. The summed E-state index contributed by atoms with van der Waals surface area (Å²) in [5.41, 5.74) is 6.13. The summed E-state index contributed by atoms with van der Waals surface area (Å²) in [5.74, 6) is 0.00853. The summed E-state index contributed by atoms with van der Waals surface area (Å²) < 4.78 is 9.51. The fourth-order valence-electron chi connectivity index (χ4n) is 5.79. The van der Waals surface area contributed by atoms with E-state index in [0.29, 0.717) is 19.5 Å². The van der Waals surface area contributed by atoms with E-state index in [-0.39, 0.29) is 24.1 Å². The van der Waals surface area contributed by atoms with Crippen molar-refractivity contribution in [1.82, 2.24) is 24.5 Å². The number of hydrogen-bond donors (Lipinski definition) is 2. The Hall–Kier alpha value is -4.34. The van der Waals surface area contributed by atoms with Crippen LogP contribution in [0.5, 0.6) is 0 Å². The Morgan fingerprint density at radius 2 is 1.88 bits per heavy atom. The zero-order valence-corrected chi connectivity index (χ0v) is 24.3. The van der Waals surface area contributed by atoms with Crippen LogP contribution in [0.3, 0.4) is 0 Å². The van der Waals surface area contributed by atoms with E-state index in [1.807, 2.05) is 59.3 Å². The number of nitrogens with one attached hydrogen (secondary N) is 2. The molecule has 2 aliphatic heterocycles. The number of benzene rings is 2. The maximum absolute atomic E-state index is 12.6. The topological polar surface area (TPSA) is 106 Å². The number of piperidine rings is 1. The van der Waals surface area contributed by atoms with Crippen molar-refractivity contribution in [3.8, 4) is 22.4 Å². The number of para-hydroxylation sites is 1. The first-order chi connectivity index (χ1) is 19.6. The molecule has 1 fully saturated rings. The van der Waals surface area contributed by atoms with Gasteiger partial charge in [0.05, 0.1) is 29.1 Å². The molecule has 0 saturated carbocycles. The molecule has 0 unspecified atom stereocenters. The second-order valence-electron chi connectivity index (χ2n) is 12.2. The van der Waals surface area contributed by atoms with Crippen LogP contribution in [0.4, 0.5) is 16.2 Å². The van der Waals surface area contributed by atoms with Gasteiger partial charge in [-0.1, -0.05) is 18.2 Å². The number of carbonyl (C=O) groups excluding carboxylic acids is 2. The van der Waals surface area contributed by atoms with E-state index in [9.17, 15) is 9.59 Å². The molecule has 2 aliphatic rings. The molecule has 2 N–H and O–H groups in total. The number of likely N-dealkylation sites (tertiary alicyclic amines) is 1. The summed E-state index contributed by atoms with van der Waals surface area (Å²) in [5, 5.41) is 17.2. The van der Waals surface area contributed by atoms with E-state index in [4.69, 9.17) is 9.84 Å². The zero-order valence-electron chi connectivity index (χ0n) is 24.3. The molecule has 4 heterocycles. The van der Waals surface area contributed by atoms with Crippen molar-refractivity contribution in [2.45, 2.75) is 64.6 Å². The fourth-order valence-corrected chi connectivity index (χ4v) is 5.79. The summed E-state index contributed by atoms with van der Waals surface area (Å²) in [6, 6.07) is 12.6. The monoisotopic (exact) mass is 555 g/mol. The van der Waals surface area contributed by atoms with Crippen molar-refractivity contribution < 1.29 is 14.3 Å². The Labute approximate surface area is 239 Å². The van der Waals surface area contributed by atoms with Gasteiger partial charge in [-0.2, -0.15) is 10.2 Å². The summed E-state index contributed by atoms with van der Waals surface area (Å²) >= 11 is 0. The van der Waals surface area contributed by atoms with E-state index in [0.717, 1.165) is 57.5 Å². The first-order valence-corrected chi connectivity index (χ1v) is 14.2. The second kappa shape index (κ2) is 10.2. The van der Waals surface area contributed by atoms with Gasteiger partial charge in [-0.25, -0.2) is 4.79 Å². The average Bonchev–Trinajstić information content (AvgIpc) is 3.47. The van der Waals surface area contributed by atoms with Crippen molar-refractivity contribution in [2.75, 3.05) is 23.7 Å². The molecular weight excluding hydrogens is 518 g/mol. The van der Waals surface area contributed by atoms with Crippen molar-refractivity contribution in [3.63, 3.8) is 0 Å². The Morgan fingerprint density at radius 3 is 2.59 bits per heavy atom. The predicted molar refractivity (Wildman–Crippen MR) is 160 cm³/mol. The lowest BCUT2D eigenvalue weighted by Crippen LogP contribution is -2.42. The molecule has 10 heteroatoms. The lowest BCUT2D eigenvalue weighted by molar-refractivity contribution is -0.116. The van der Waals surface area contributed by atoms with E-state index >= 15 is 0 Å². The van der Waals surface area contributed by atoms with Crippen molar-refractivity contribution in [2.24, 2.45) is 7.05 Å². The van der Waals surface area contributed by atoms with Crippen LogP contribution in [0.25, 0.3) is 33.3 Å². The summed E-state index contributed by atoms with van der Waals surface area (Å²) in [6.07, 6.45) is 5.56. The lowest BCUT2D eigenvalue weighted by Gasteiger charge is -2.33. The van der Waals surface area contributed by atoms with E-state index in [1.54, 1.807) is 9.58 Å². The normalized spacial score (nSPS) is 18.0. The third-order valence-corrected chi connectivity index (χ3v) is 7.68. The number of rotatable bonds is 3. The van der Waals surface area contributed by atoms with E-state index < -0.39 is 5.60 Å². The number of aryl methyl sites for hydroxylation is 1. The lowest BCUT2D eigenvalue weighted by atomic mass is 9.99. The van der Waals surface area contributed by atoms with Gasteiger partial charge in [-0.15, -0.1) is 0 Å². The molecule has 6 rings (SSSR count). The Balaban J connectivity index is 1.38. The standard InChI is InChI=1S/C31H37N7O3/c1-19-15-27(39)34-25-8-6-7-23(29(25)33-19)20-9-10-26-24(16-20)28(21-17-32-36(5)18-21)35-38(26)22-11-13-37(14-12-22)30(40)41-31(2,3)4/h6-10,16-19,22,33H,11-15H2,1-5H3,(H,34,39)/t19-/m1/s1. The predicted octanol–water partition coefficient (Wildman–Crippen LogP) is 5.82. The molecule has 0 radical (unpaired) electrons. The number of amides is 2. The third-order valence-electron chi connectivity index (χ3n) is 7.68. The van der Waals surface area contributed by atoms with Gasteiger partial charge in [0.25, 0.3) is 0 Å². The number of anilines is 2. The molecule has 10 nitrogen and oxygen atoms in total. The van der Waals surface area contributed by atoms with Gasteiger partial charge in [-0.05, 0) is 64.3 Å². The average molecular weight is 556 g/mol. The van der Waals surface area contributed by atoms with Crippen LogP contribution in [0.15, 0.2) is 48.8 Å². The zero-order chi connectivity index (χ0) is 28.9. The molecule has 2 aromatic carbocycles. The number of carbonyl (C=O) groups is 2. The van der Waals surface area contributed by atoms with Gasteiger partial charge in [0, 0.05) is 55.3 Å². The minimum Gasteiger partial charge on any atom is -0.444 e. The quantitative estimate of drug-likeness (QED) is 0.330. The first kappa shape index (κ1) is 26.9. The molecule has 2 amide bonds. The van der Waals surface area contributed by atoms with Crippen LogP contribution >= 0.6 is 0 Å². The van der Waals surface area contributed by atoms with Gasteiger partial charge < -0.3 is 20.3 Å². The van der Waals surface area contributed by atoms with Gasteiger partial charge in [0.15, 0.2) is 0 Å². The van der Waals surface area contributed by atoms with Crippen LogP contribution in [-0.4, -0.2) is 61.2 Å². The summed E-state index contributed by atoms with van der Waals surface area (Å²) in [6.45, 7) is 8.93. The van der Waals surface area contributed by atoms with Gasteiger partial charge in [-0.3, -0.25) is 14.2 Å². The fraction of sp³-hybridized carbons (Fsp3) is 0.419. The van der Waals surface area contributed by atoms with Gasteiger partial charge in [0.1, 0.15) is 11.3 Å². The molecule has 1 saturated heterocycles. The largest absolute Gasteiger partial charge is 0.444 e. The number of nitrogens with zero attached hydrogens (tertiary/aromatic N) is 5. The molecular formula is C31H37N7O3. The van der Waals surface area contributed by atoms with Crippen LogP contribution in [-0.2, 0) is 16.6 Å². The van der Waals surface area contributed by atoms with Crippen molar-refractivity contribution >= 4 is 34.3 Å². The maximum Gasteiger partial charge on any atom is 0.410 e. The van der Waals surface area contributed by atoms with E-state index in [2.05, 4.69) is 44.7 Å². The molecule has 0 spiro atoms. The highest BCUT2D eigenvalue weighted by molar-refractivity contribution is 6.02. The molecule has 214 valence electrons. The van der Waals surface area contributed by atoms with Crippen LogP contribution in [0.1, 0.15) is 53.0 Å². The Kier molecular flexibility index (Phi) is 6.71. The minimum absolute atomic E-state index is 0.00853. The van der Waals surface area contributed by atoms with Crippen LogP contribution in [0.2, 0.25) is 0 Å². The van der Waals surface area contributed by atoms with Gasteiger partial charge in [0.2, 0.25) is 5.91 Å². The van der Waals surface area contributed by atoms with Crippen LogP contribution < -0.4 is 10.6 Å². The molecule has 4 aromatic rings. The highest BCUT2D eigenvalue weighted by atomic mass is 16.6. The molecule has 2 aromatic heterocycles. The molecule has 0 bridgehead atoms. The molecule has 0 aliphatic carbocycles. The molecule has 1 atom stereocenters. The van der Waals surface area contributed by atoms with Crippen molar-refractivity contribution in [3.05, 3.63) is 48.8 Å². The second-order valence-corrected chi connectivity index (χ2v) is 12.2. The smallest absolute Gasteiger partial charge is 0.410 e. The highest BCUT2D eigenvalue weighted by Crippen LogP contribution is 2.40. The first-order valence-electron chi connectivity index (χ1n) is 14.2. The highest BCUT2D eigenvalue weighted by Gasteiger charge is 2.30. The SMILES string of the molecule is C[C@@H]1CC(=O)Nc2cccc(-c3ccc4c(c3)c(-c3cnn(C)c3)nn4C3CCN(C(=O)OC(C)(C)C)CC3)c2N1.